The van der Waals surface area contributed by atoms with E-state index in [1.165, 1.54) is 11.3 Å². The predicted molar refractivity (Wildman–Crippen MR) is 76.9 cm³/mol. The summed E-state index contributed by atoms with van der Waals surface area (Å²) in [5, 5.41) is 11.1. The zero-order valence-corrected chi connectivity index (χ0v) is 11.9. The Labute approximate surface area is 120 Å². The van der Waals surface area contributed by atoms with Crippen LogP contribution >= 0.6 is 22.9 Å². The molecule has 100 valence electrons. The van der Waals surface area contributed by atoms with Gasteiger partial charge in [0, 0.05) is 6.42 Å². The fourth-order valence-electron chi connectivity index (χ4n) is 2.84. The van der Waals surface area contributed by atoms with E-state index < -0.39 is 11.4 Å². The van der Waals surface area contributed by atoms with Crippen molar-refractivity contribution in [3.05, 3.63) is 28.2 Å². The molecular formula is C14H14ClNO2S. The number of thiazole rings is 1. The first-order valence-electron chi connectivity index (χ1n) is 6.38. The molecule has 0 amide bonds. The van der Waals surface area contributed by atoms with Gasteiger partial charge in [-0.3, -0.25) is 4.79 Å². The lowest BCUT2D eigenvalue weighted by molar-refractivity contribution is -0.148. The monoisotopic (exact) mass is 295 g/mol. The molecule has 19 heavy (non-hydrogen) atoms. The Kier molecular flexibility index (Phi) is 3.23. The molecule has 0 atom stereocenters. The first-order chi connectivity index (χ1) is 9.11. The normalized spacial score (nSPS) is 17.9. The van der Waals surface area contributed by atoms with Crippen molar-refractivity contribution >= 4 is 39.1 Å². The van der Waals surface area contributed by atoms with Crippen LogP contribution in [0.25, 0.3) is 10.2 Å². The number of hydrogen-bond acceptors (Lipinski definition) is 3. The first-order valence-corrected chi connectivity index (χ1v) is 7.57. The van der Waals surface area contributed by atoms with Crippen LogP contribution in [0.4, 0.5) is 0 Å². The Hall–Kier alpha value is -1.13. The summed E-state index contributed by atoms with van der Waals surface area (Å²) >= 11 is 7.66. The summed E-state index contributed by atoms with van der Waals surface area (Å²) in [5.41, 5.74) is 0.256. The molecular weight excluding hydrogens is 282 g/mol. The number of hydrogen-bond donors (Lipinski definition) is 1. The number of fused-ring (bicyclic) bond motifs is 1. The Balaban J connectivity index is 1.96. The summed E-state index contributed by atoms with van der Waals surface area (Å²) in [6, 6.07) is 5.63. The molecule has 1 aliphatic rings. The Bertz CT molecular complexity index is 631. The summed E-state index contributed by atoms with van der Waals surface area (Å²) in [5.74, 6) is -0.685. The molecule has 1 fully saturated rings. The van der Waals surface area contributed by atoms with Crippen molar-refractivity contribution < 1.29 is 9.90 Å². The lowest BCUT2D eigenvalue weighted by atomic mass is 9.83. The second-order valence-electron chi connectivity index (χ2n) is 5.17. The summed E-state index contributed by atoms with van der Waals surface area (Å²) in [6.07, 6.45) is 4.03. The van der Waals surface area contributed by atoms with E-state index in [1.807, 2.05) is 18.2 Å². The average molecular weight is 296 g/mol. The molecule has 1 heterocycles. The van der Waals surface area contributed by atoms with Gasteiger partial charge in [0.25, 0.3) is 0 Å². The van der Waals surface area contributed by atoms with Gasteiger partial charge in [-0.05, 0) is 25.0 Å². The summed E-state index contributed by atoms with van der Waals surface area (Å²) in [6.45, 7) is 0. The van der Waals surface area contributed by atoms with Crippen molar-refractivity contribution in [2.45, 2.75) is 32.1 Å². The third kappa shape index (κ3) is 2.23. The van der Waals surface area contributed by atoms with Crippen molar-refractivity contribution in [3.8, 4) is 0 Å². The zero-order valence-electron chi connectivity index (χ0n) is 10.4. The fraction of sp³-hybridized carbons (Fsp3) is 0.429. The summed E-state index contributed by atoms with van der Waals surface area (Å²) in [4.78, 5) is 16.1. The van der Waals surface area contributed by atoms with Crippen molar-refractivity contribution in [3.63, 3.8) is 0 Å². The van der Waals surface area contributed by atoms with Crippen LogP contribution in [0.3, 0.4) is 0 Å². The minimum absolute atomic E-state index is 0.526. The molecule has 0 spiro atoms. The lowest BCUT2D eigenvalue weighted by Gasteiger charge is -2.22. The predicted octanol–water partition coefficient (Wildman–Crippen LogP) is 4.14. The van der Waals surface area contributed by atoms with Gasteiger partial charge in [0.2, 0.25) is 0 Å². The maximum absolute atomic E-state index is 11.6. The number of halogens is 1. The second kappa shape index (κ2) is 4.76. The number of benzene rings is 1. The van der Waals surface area contributed by atoms with Gasteiger partial charge < -0.3 is 5.11 Å². The molecule has 0 radical (unpaired) electrons. The minimum Gasteiger partial charge on any atom is -0.481 e. The topological polar surface area (TPSA) is 50.2 Å². The third-order valence-corrected chi connectivity index (χ3v) is 5.45. The number of aromatic nitrogens is 1. The van der Waals surface area contributed by atoms with Gasteiger partial charge in [-0.1, -0.05) is 30.5 Å². The molecule has 1 aromatic heterocycles. The number of rotatable bonds is 3. The van der Waals surface area contributed by atoms with Gasteiger partial charge in [-0.2, -0.15) is 0 Å². The quantitative estimate of drug-likeness (QED) is 0.926. The molecule has 0 unspecified atom stereocenters. The first kappa shape index (κ1) is 12.9. The van der Waals surface area contributed by atoms with E-state index in [0.29, 0.717) is 11.4 Å². The highest BCUT2D eigenvalue weighted by Gasteiger charge is 2.42. The van der Waals surface area contributed by atoms with E-state index in [9.17, 15) is 9.90 Å². The molecule has 5 heteroatoms. The van der Waals surface area contributed by atoms with E-state index >= 15 is 0 Å². The van der Waals surface area contributed by atoms with Crippen LogP contribution in [0.15, 0.2) is 18.2 Å². The maximum atomic E-state index is 11.6. The standard InChI is InChI=1S/C14H14ClNO2S/c15-9-4-3-5-10-12(9)19-11(16-10)8-14(13(17)18)6-1-2-7-14/h3-5H,1-2,6-8H2,(H,17,18). The Morgan fingerprint density at radius 3 is 2.79 bits per heavy atom. The van der Waals surface area contributed by atoms with E-state index in [2.05, 4.69) is 4.98 Å². The van der Waals surface area contributed by atoms with E-state index in [1.54, 1.807) is 0 Å². The lowest BCUT2D eigenvalue weighted by Crippen LogP contribution is -2.30. The smallest absolute Gasteiger partial charge is 0.310 e. The van der Waals surface area contributed by atoms with Gasteiger partial charge in [0.1, 0.15) is 0 Å². The molecule has 2 aromatic rings. The summed E-state index contributed by atoms with van der Waals surface area (Å²) in [7, 11) is 0. The van der Waals surface area contributed by atoms with E-state index in [0.717, 1.165) is 40.9 Å². The van der Waals surface area contributed by atoms with Crippen LogP contribution in [0.2, 0.25) is 5.02 Å². The number of aliphatic carboxylic acids is 1. The van der Waals surface area contributed by atoms with Crippen LogP contribution in [0, 0.1) is 5.41 Å². The highest BCUT2D eigenvalue weighted by atomic mass is 35.5. The van der Waals surface area contributed by atoms with Crippen molar-refractivity contribution in [2.24, 2.45) is 5.41 Å². The van der Waals surface area contributed by atoms with E-state index in [4.69, 9.17) is 11.6 Å². The minimum atomic E-state index is -0.685. The van der Waals surface area contributed by atoms with E-state index in [-0.39, 0.29) is 0 Å². The molecule has 1 aliphatic carbocycles. The molecule has 0 aliphatic heterocycles. The molecule has 0 bridgehead atoms. The number of carbonyl (C=O) groups is 1. The third-order valence-electron chi connectivity index (χ3n) is 3.92. The van der Waals surface area contributed by atoms with Crippen molar-refractivity contribution in [2.75, 3.05) is 0 Å². The largest absolute Gasteiger partial charge is 0.481 e. The van der Waals surface area contributed by atoms with Crippen LogP contribution in [0.5, 0.6) is 0 Å². The van der Waals surface area contributed by atoms with Crippen LogP contribution in [-0.4, -0.2) is 16.1 Å². The second-order valence-corrected chi connectivity index (χ2v) is 6.66. The molecule has 1 aromatic carbocycles. The van der Waals surface area contributed by atoms with Gasteiger partial charge in [-0.25, -0.2) is 4.98 Å². The van der Waals surface area contributed by atoms with Gasteiger partial charge >= 0.3 is 5.97 Å². The van der Waals surface area contributed by atoms with Crippen LogP contribution in [-0.2, 0) is 11.2 Å². The molecule has 3 rings (SSSR count). The van der Waals surface area contributed by atoms with Crippen molar-refractivity contribution in [1.29, 1.82) is 0 Å². The SMILES string of the molecule is O=C(O)C1(Cc2nc3cccc(Cl)c3s2)CCCC1. The molecule has 1 saturated carbocycles. The average Bonchev–Trinajstić information content (AvgIpc) is 2.97. The summed E-state index contributed by atoms with van der Waals surface area (Å²) < 4.78 is 0.956. The number of carboxylic acids is 1. The van der Waals surface area contributed by atoms with Gasteiger partial charge in [0.15, 0.2) is 0 Å². The number of nitrogens with zero attached hydrogens (tertiary/aromatic N) is 1. The molecule has 3 nitrogen and oxygen atoms in total. The fourth-order valence-corrected chi connectivity index (χ4v) is 4.24. The molecule has 1 N–H and O–H groups in total. The highest BCUT2D eigenvalue weighted by molar-refractivity contribution is 7.19. The van der Waals surface area contributed by atoms with Crippen molar-refractivity contribution in [1.82, 2.24) is 4.98 Å². The van der Waals surface area contributed by atoms with Crippen LogP contribution in [0.1, 0.15) is 30.7 Å². The maximum Gasteiger partial charge on any atom is 0.310 e. The molecule has 0 saturated heterocycles. The Morgan fingerprint density at radius 1 is 1.42 bits per heavy atom. The zero-order chi connectivity index (χ0) is 13.5. The van der Waals surface area contributed by atoms with Gasteiger partial charge in [0.05, 0.1) is 25.7 Å². The Morgan fingerprint density at radius 2 is 2.16 bits per heavy atom. The highest BCUT2D eigenvalue weighted by Crippen LogP contribution is 2.42. The van der Waals surface area contributed by atoms with Crippen LogP contribution < -0.4 is 0 Å². The van der Waals surface area contributed by atoms with Gasteiger partial charge in [-0.15, -0.1) is 11.3 Å². The number of carboxylic acid groups (broad SMARTS) is 1.